The Bertz CT molecular complexity index is 2120. The lowest BCUT2D eigenvalue weighted by molar-refractivity contribution is -0.213. The number of nitrogens with zero attached hydrogens (tertiary/aromatic N) is 1. The van der Waals surface area contributed by atoms with Gasteiger partial charge in [0, 0.05) is 35.6 Å². The number of cyclic esters (lactones) is 1. The van der Waals surface area contributed by atoms with E-state index in [4.69, 9.17) is 28.5 Å². The minimum Gasteiger partial charge on any atom is -0.462 e. The second-order valence-corrected chi connectivity index (χ2v) is 16.4. The first-order valence-corrected chi connectivity index (χ1v) is 19.9. The summed E-state index contributed by atoms with van der Waals surface area (Å²) in [5.74, 6) is -5.16. The van der Waals surface area contributed by atoms with Crippen LogP contribution in [-0.2, 0) is 64.8 Å². The zero-order valence-corrected chi connectivity index (χ0v) is 33.2. The third kappa shape index (κ3) is 7.16. The van der Waals surface area contributed by atoms with Crippen molar-refractivity contribution in [1.29, 1.82) is 0 Å². The van der Waals surface area contributed by atoms with Gasteiger partial charge in [0.15, 0.2) is 6.04 Å². The highest BCUT2D eigenvalue weighted by atomic mass is 16.8. The smallest absolute Gasteiger partial charge is 0.348 e. The van der Waals surface area contributed by atoms with E-state index >= 15 is 4.79 Å². The summed E-state index contributed by atoms with van der Waals surface area (Å²) in [6.07, 6.45) is -3.92. The van der Waals surface area contributed by atoms with Crippen molar-refractivity contribution in [2.45, 2.75) is 88.2 Å². The number of carbonyl (C=O) groups excluding carboxylic acids is 5. The van der Waals surface area contributed by atoms with Crippen molar-refractivity contribution >= 4 is 35.8 Å². The van der Waals surface area contributed by atoms with Crippen LogP contribution >= 0.6 is 0 Å². The van der Waals surface area contributed by atoms with E-state index in [0.29, 0.717) is 22.3 Å². The zero-order valence-electron chi connectivity index (χ0n) is 33.2. The summed E-state index contributed by atoms with van der Waals surface area (Å²) < 4.78 is 30.6. The molecule has 3 aromatic carbocycles. The fourth-order valence-corrected chi connectivity index (χ4v) is 8.92. The van der Waals surface area contributed by atoms with Gasteiger partial charge in [0.25, 0.3) is 0 Å². The highest BCUT2D eigenvalue weighted by Crippen LogP contribution is 2.59. The molecule has 16 nitrogen and oxygen atoms in total. The first kappa shape index (κ1) is 41.3. The number of esters is 3. The van der Waals surface area contributed by atoms with Crippen molar-refractivity contribution < 1.29 is 62.7 Å². The first-order chi connectivity index (χ1) is 28.8. The lowest BCUT2D eigenvalue weighted by atomic mass is 9.62. The van der Waals surface area contributed by atoms with E-state index in [9.17, 15) is 29.4 Å². The number of fused-ring (bicyclic) bond motifs is 4. The molecule has 1 aliphatic carbocycles. The molecule has 1 saturated carbocycles. The Labute approximate surface area is 345 Å². The molecule has 2 bridgehead atoms. The second kappa shape index (κ2) is 16.2. The first-order valence-electron chi connectivity index (χ1n) is 19.9. The molecule has 4 N–H and O–H groups in total. The topological polar surface area (TPSA) is 208 Å². The largest absolute Gasteiger partial charge is 0.462 e. The number of rotatable bonds is 13. The van der Waals surface area contributed by atoms with Crippen LogP contribution in [0.15, 0.2) is 91.0 Å². The van der Waals surface area contributed by atoms with Crippen molar-refractivity contribution in [2.75, 3.05) is 19.8 Å². The highest BCUT2D eigenvalue weighted by Gasteiger charge is 2.76. The molecule has 316 valence electrons. The van der Waals surface area contributed by atoms with Gasteiger partial charge in [0.1, 0.15) is 42.5 Å². The standard InChI is InChI=1S/C44H47N3O13/c1-25(49)32(38(51)45-20-21-48)46-41(54)43-22-30-33-34(59-44(58-33,28-14-6-4-7-15-28)29-16-8-5-9-17-29)36(43)60-47(35(43)39(52)56-30)23-27-13-11-10-12-26(27)18-19-31(50)57-37-40(53)55-24-42(37,2)3/h4-19,25,30,32-37,48-49H,20-24H2,1-3H3,(H,45,51)(H,46,54)/t25-,30+,32+,33-,34-,35-,36+,37-,43-/m0/s1. The minimum atomic E-state index is -1.74. The van der Waals surface area contributed by atoms with Crippen LogP contribution in [0, 0.1) is 10.8 Å². The molecule has 2 amide bonds. The van der Waals surface area contributed by atoms with Crippen LogP contribution in [0.5, 0.6) is 0 Å². The van der Waals surface area contributed by atoms with Crippen LogP contribution < -0.4 is 10.6 Å². The number of ether oxygens (including phenoxy) is 5. The van der Waals surface area contributed by atoms with Crippen LogP contribution in [0.1, 0.15) is 49.4 Å². The van der Waals surface area contributed by atoms with Crippen molar-refractivity contribution in [2.24, 2.45) is 10.8 Å². The number of aliphatic hydroxyl groups is 2. The molecule has 0 aromatic heterocycles. The van der Waals surface area contributed by atoms with Gasteiger partial charge in [-0.05, 0) is 24.1 Å². The number of hydroxylamine groups is 2. The van der Waals surface area contributed by atoms with Crippen molar-refractivity contribution in [3.05, 3.63) is 113 Å². The van der Waals surface area contributed by atoms with Crippen LogP contribution in [0.2, 0.25) is 0 Å². The van der Waals surface area contributed by atoms with Gasteiger partial charge in [0.2, 0.25) is 23.7 Å². The van der Waals surface area contributed by atoms with E-state index in [0.717, 1.165) is 0 Å². The summed E-state index contributed by atoms with van der Waals surface area (Å²) in [4.78, 5) is 74.6. The Hall–Kier alpha value is -5.49. The summed E-state index contributed by atoms with van der Waals surface area (Å²) >= 11 is 0. The summed E-state index contributed by atoms with van der Waals surface area (Å²) in [6.45, 7) is 4.41. The molecule has 16 heteroatoms. The number of nitrogens with one attached hydrogen (secondary N) is 2. The number of aliphatic hydroxyl groups excluding tert-OH is 2. The number of hydrogen-bond donors (Lipinski definition) is 4. The number of amides is 2. The van der Waals surface area contributed by atoms with Crippen LogP contribution in [0.25, 0.3) is 6.08 Å². The quantitative estimate of drug-likeness (QED) is 0.110. The third-order valence-corrected chi connectivity index (χ3v) is 11.9. The van der Waals surface area contributed by atoms with Gasteiger partial charge in [-0.3, -0.25) is 19.2 Å². The van der Waals surface area contributed by atoms with Gasteiger partial charge >= 0.3 is 17.9 Å². The fourth-order valence-electron chi connectivity index (χ4n) is 8.92. The monoisotopic (exact) mass is 825 g/mol. The molecule has 8 rings (SSSR count). The predicted octanol–water partition coefficient (Wildman–Crippen LogP) is 1.65. The van der Waals surface area contributed by atoms with Gasteiger partial charge in [-0.2, -0.15) is 5.06 Å². The van der Waals surface area contributed by atoms with E-state index in [1.165, 1.54) is 24.1 Å². The second-order valence-electron chi connectivity index (χ2n) is 16.4. The number of benzene rings is 3. The van der Waals surface area contributed by atoms with Gasteiger partial charge in [0.05, 0.1) is 19.3 Å². The van der Waals surface area contributed by atoms with Crippen molar-refractivity contribution in [3.8, 4) is 0 Å². The molecule has 60 heavy (non-hydrogen) atoms. The van der Waals surface area contributed by atoms with Gasteiger partial charge in [-0.25, -0.2) is 9.59 Å². The Kier molecular flexibility index (Phi) is 11.1. The van der Waals surface area contributed by atoms with Crippen molar-refractivity contribution in [3.63, 3.8) is 0 Å². The highest BCUT2D eigenvalue weighted by molar-refractivity contribution is 5.96. The average Bonchev–Trinajstić information content (AvgIpc) is 3.90. The molecule has 4 heterocycles. The van der Waals surface area contributed by atoms with Gasteiger partial charge in [-0.15, -0.1) is 0 Å². The van der Waals surface area contributed by atoms with E-state index in [2.05, 4.69) is 10.6 Å². The van der Waals surface area contributed by atoms with E-state index in [1.54, 1.807) is 38.1 Å². The predicted molar refractivity (Wildman–Crippen MR) is 208 cm³/mol. The minimum absolute atomic E-state index is 0.0846. The molecular weight excluding hydrogens is 778 g/mol. The third-order valence-electron chi connectivity index (χ3n) is 11.9. The molecule has 3 aromatic rings. The molecule has 0 spiro atoms. The number of carbonyl (C=O) groups is 5. The maximum Gasteiger partial charge on any atom is 0.348 e. The maximum absolute atomic E-state index is 15.0. The van der Waals surface area contributed by atoms with Crippen LogP contribution in [0.4, 0.5) is 0 Å². The Morgan fingerprint density at radius 2 is 1.58 bits per heavy atom. The molecular formula is C44H47N3O13. The molecule has 0 radical (unpaired) electrons. The Balaban J connectivity index is 1.16. The van der Waals surface area contributed by atoms with Crippen LogP contribution in [0.3, 0.4) is 0 Å². The molecule has 9 atom stereocenters. The van der Waals surface area contributed by atoms with Gasteiger partial charge < -0.3 is 44.5 Å². The zero-order chi connectivity index (χ0) is 42.4. The Morgan fingerprint density at radius 1 is 0.933 bits per heavy atom. The SMILES string of the molecule is C[C@H](O)[C@@H](NC(=O)[C@@]12C[C@H]3OC(=O)[C@@H]1N(Cc1ccccc1C=CC(=O)O[C@H]1C(=O)OCC1(C)C)O[C@@H]2[C@H]1OC(c2ccccc2)(c2ccccc2)O[C@H]13)C(=O)NCCO. The van der Waals surface area contributed by atoms with Crippen molar-refractivity contribution in [1.82, 2.24) is 15.7 Å². The van der Waals surface area contributed by atoms with Gasteiger partial charge in [-0.1, -0.05) is 98.8 Å². The normalized spacial score (nSPS) is 29.6. The van der Waals surface area contributed by atoms with Crippen LogP contribution in [-0.4, -0.2) is 113 Å². The molecule has 4 aliphatic heterocycles. The summed E-state index contributed by atoms with van der Waals surface area (Å²) in [5.41, 5.74) is -0.0135. The number of hydrogen-bond acceptors (Lipinski definition) is 14. The summed E-state index contributed by atoms with van der Waals surface area (Å²) in [5, 5.41) is 26.6. The molecule has 0 unspecified atom stereocenters. The van der Waals surface area contributed by atoms with E-state index < -0.39 is 95.0 Å². The Morgan fingerprint density at radius 3 is 2.22 bits per heavy atom. The molecule has 4 saturated heterocycles. The average molecular weight is 826 g/mol. The molecule has 5 aliphatic rings. The van der Waals surface area contributed by atoms with E-state index in [-0.39, 0.29) is 32.7 Å². The maximum atomic E-state index is 15.0. The summed E-state index contributed by atoms with van der Waals surface area (Å²) in [7, 11) is 0. The lowest BCUT2D eigenvalue weighted by Gasteiger charge is -2.49. The lowest BCUT2D eigenvalue weighted by Crippen LogP contribution is -2.71. The van der Waals surface area contributed by atoms with E-state index in [1.807, 2.05) is 60.7 Å². The summed E-state index contributed by atoms with van der Waals surface area (Å²) in [6, 6.07) is 22.7. The molecule has 5 fully saturated rings. The fraction of sp³-hybridized carbons (Fsp3) is 0.432.